The molecule has 35 heavy (non-hydrogen) atoms. The van der Waals surface area contributed by atoms with Gasteiger partial charge in [0.2, 0.25) is 0 Å². The van der Waals surface area contributed by atoms with Gasteiger partial charge in [-0.3, -0.25) is 4.79 Å². The van der Waals surface area contributed by atoms with Gasteiger partial charge in [-0.05, 0) is 61.5 Å². The lowest BCUT2D eigenvalue weighted by molar-refractivity contribution is -0.275. The zero-order valence-corrected chi connectivity index (χ0v) is 20.3. The Bertz CT molecular complexity index is 1190. The average Bonchev–Trinajstić information content (AvgIpc) is 3.50. The van der Waals surface area contributed by atoms with Crippen LogP contribution in [0.3, 0.4) is 0 Å². The van der Waals surface area contributed by atoms with Crippen molar-refractivity contribution in [3.05, 3.63) is 68.7 Å². The Hall–Kier alpha value is -2.49. The molecule has 11 heteroatoms. The molecule has 2 aromatic rings. The number of fused-ring (bicyclic) bond motifs is 1. The first-order valence-corrected chi connectivity index (χ1v) is 11.9. The Kier molecular flexibility index (Phi) is 6.14. The van der Waals surface area contributed by atoms with Gasteiger partial charge in [0, 0.05) is 46.8 Å². The van der Waals surface area contributed by atoms with Crippen LogP contribution in [-0.2, 0) is 23.5 Å². The number of carbonyl (C=O) groups is 1. The third-order valence-electron chi connectivity index (χ3n) is 6.78. The highest BCUT2D eigenvalue weighted by atomic mass is 35.5. The lowest BCUT2D eigenvalue weighted by Crippen LogP contribution is -2.43. The van der Waals surface area contributed by atoms with Crippen LogP contribution in [0, 0.1) is 0 Å². The van der Waals surface area contributed by atoms with Gasteiger partial charge in [0.1, 0.15) is 5.84 Å². The lowest BCUT2D eigenvalue weighted by Gasteiger charge is -2.30. The fraction of sp³-hybridized carbons (Fsp3) is 0.417. The van der Waals surface area contributed by atoms with E-state index in [2.05, 4.69) is 15.4 Å². The third kappa shape index (κ3) is 4.57. The first kappa shape index (κ1) is 24.2. The third-order valence-corrected chi connectivity index (χ3v) is 7.22. The van der Waals surface area contributed by atoms with Crippen LogP contribution in [0.4, 0.5) is 13.2 Å². The van der Waals surface area contributed by atoms with Crippen molar-refractivity contribution in [2.24, 2.45) is 5.16 Å². The predicted octanol–water partition coefficient (Wildman–Crippen LogP) is 4.93. The summed E-state index contributed by atoms with van der Waals surface area (Å²) in [6, 6.07) is 9.26. The van der Waals surface area contributed by atoms with Crippen LogP contribution in [0.1, 0.15) is 39.9 Å². The second kappa shape index (κ2) is 8.87. The van der Waals surface area contributed by atoms with E-state index in [1.807, 2.05) is 13.1 Å². The normalized spacial score (nSPS) is 24.3. The minimum atomic E-state index is -4.75. The molecule has 0 saturated carbocycles. The molecule has 1 amide bonds. The van der Waals surface area contributed by atoms with Gasteiger partial charge in [-0.25, -0.2) is 0 Å². The van der Waals surface area contributed by atoms with Gasteiger partial charge >= 0.3 is 6.18 Å². The average molecular weight is 527 g/mol. The highest BCUT2D eigenvalue weighted by molar-refractivity contribution is 6.34. The smallest absolute Gasteiger partial charge is 0.372 e. The van der Waals surface area contributed by atoms with Crippen LogP contribution in [0.25, 0.3) is 0 Å². The summed E-state index contributed by atoms with van der Waals surface area (Å²) in [5.74, 6) is 0.0247. The van der Waals surface area contributed by atoms with Crippen LogP contribution in [0.15, 0.2) is 41.6 Å². The summed E-state index contributed by atoms with van der Waals surface area (Å²) < 4.78 is 42.8. The molecule has 0 radical (unpaired) electrons. The number of benzene rings is 2. The monoisotopic (exact) mass is 526 g/mol. The van der Waals surface area contributed by atoms with Crippen molar-refractivity contribution < 1.29 is 22.8 Å². The Morgan fingerprint density at radius 3 is 2.51 bits per heavy atom. The molecule has 0 aromatic heterocycles. The minimum Gasteiger partial charge on any atom is -0.372 e. The lowest BCUT2D eigenvalue weighted by atomic mass is 9.89. The molecule has 2 atom stereocenters. The summed E-state index contributed by atoms with van der Waals surface area (Å²) in [5, 5.41) is 7.06. The number of carbonyl (C=O) groups excluding carboxylic acids is 1. The minimum absolute atomic E-state index is 0.0804. The zero-order chi connectivity index (χ0) is 25.0. The number of amidine groups is 1. The van der Waals surface area contributed by atoms with Crippen molar-refractivity contribution >= 4 is 34.9 Å². The quantitative estimate of drug-likeness (QED) is 0.615. The van der Waals surface area contributed by atoms with E-state index in [1.165, 1.54) is 18.2 Å². The maximum atomic E-state index is 14.3. The molecule has 6 nitrogen and oxygen atoms in total. The molecule has 3 aliphatic heterocycles. The van der Waals surface area contributed by atoms with Crippen molar-refractivity contribution in [2.75, 3.05) is 20.1 Å². The van der Waals surface area contributed by atoms with Gasteiger partial charge in [-0.2, -0.15) is 13.2 Å². The first-order chi connectivity index (χ1) is 16.5. The summed E-state index contributed by atoms with van der Waals surface area (Å²) >= 11 is 12.0. The predicted molar refractivity (Wildman–Crippen MR) is 126 cm³/mol. The maximum absolute atomic E-state index is 14.3. The van der Waals surface area contributed by atoms with Crippen molar-refractivity contribution in [2.45, 2.75) is 43.8 Å². The van der Waals surface area contributed by atoms with Crippen molar-refractivity contribution in [1.29, 1.82) is 0 Å². The van der Waals surface area contributed by atoms with Gasteiger partial charge in [-0.15, -0.1) is 0 Å². The van der Waals surface area contributed by atoms with E-state index in [0.29, 0.717) is 18.7 Å². The zero-order valence-electron chi connectivity index (χ0n) is 18.8. The van der Waals surface area contributed by atoms with Crippen molar-refractivity contribution in [3.8, 4) is 0 Å². The molecule has 0 bridgehead atoms. The fourth-order valence-electron chi connectivity index (χ4n) is 4.88. The largest absolute Gasteiger partial charge is 0.435 e. The summed E-state index contributed by atoms with van der Waals surface area (Å²) in [5.41, 5.74) is -0.540. The topological polar surface area (TPSA) is 57.2 Å². The highest BCUT2D eigenvalue weighted by Crippen LogP contribution is 2.49. The molecular formula is C24H23Cl2F3N4O2. The summed E-state index contributed by atoms with van der Waals surface area (Å²) in [6.45, 7) is 2.45. The molecule has 0 spiro atoms. The van der Waals surface area contributed by atoms with Crippen LogP contribution < -0.4 is 5.32 Å². The highest BCUT2D eigenvalue weighted by Gasteiger charge is 2.63. The summed E-state index contributed by atoms with van der Waals surface area (Å²) in [7, 11) is 2.01. The molecule has 1 saturated heterocycles. The number of hydrogen-bond donors (Lipinski definition) is 1. The number of hydrogen-bond acceptors (Lipinski definition) is 5. The number of nitrogens with zero attached hydrogens (tertiary/aromatic N) is 3. The molecule has 1 fully saturated rings. The Morgan fingerprint density at radius 1 is 1.14 bits per heavy atom. The van der Waals surface area contributed by atoms with Gasteiger partial charge in [0.15, 0.2) is 0 Å². The van der Waals surface area contributed by atoms with Gasteiger partial charge in [-0.1, -0.05) is 34.4 Å². The molecule has 3 aliphatic rings. The van der Waals surface area contributed by atoms with Gasteiger partial charge in [0.05, 0.1) is 6.42 Å². The van der Waals surface area contributed by atoms with E-state index in [9.17, 15) is 18.0 Å². The number of amides is 1. The SMILES string of the molecule is CN1CCC(NC(=O)c2ccc3c(c2)CN(C2=NOC(c4cc(Cl)cc(Cl)c4)(C(F)(F)F)C2)C3)C1. The second-order valence-corrected chi connectivity index (χ2v) is 10.2. The number of oxime groups is 1. The fourth-order valence-corrected chi connectivity index (χ4v) is 5.41. The molecular weight excluding hydrogens is 504 g/mol. The molecule has 0 aliphatic carbocycles. The number of rotatable bonds is 3. The van der Waals surface area contributed by atoms with E-state index in [4.69, 9.17) is 28.0 Å². The molecule has 186 valence electrons. The first-order valence-electron chi connectivity index (χ1n) is 11.2. The van der Waals surface area contributed by atoms with E-state index in [-0.39, 0.29) is 33.4 Å². The van der Waals surface area contributed by atoms with E-state index in [0.717, 1.165) is 30.6 Å². The molecule has 1 N–H and O–H groups in total. The standard InChI is InChI=1S/C24H23Cl2F3N4O2/c1-32-5-4-20(13-32)30-22(34)14-2-3-15-11-33(12-16(15)6-14)21-10-23(35-31-21,24(27,28)29)17-7-18(25)9-19(26)8-17/h2-3,6-9,20H,4-5,10-13H2,1H3,(H,30,34). The van der Waals surface area contributed by atoms with Gasteiger partial charge < -0.3 is 20.0 Å². The number of likely N-dealkylation sites (tertiary alicyclic amines) is 1. The van der Waals surface area contributed by atoms with Crippen molar-refractivity contribution in [3.63, 3.8) is 0 Å². The van der Waals surface area contributed by atoms with Crippen LogP contribution >= 0.6 is 23.2 Å². The molecule has 2 aromatic carbocycles. The van der Waals surface area contributed by atoms with Crippen LogP contribution in [-0.4, -0.2) is 53.9 Å². The molecule has 2 unspecified atom stereocenters. The number of alkyl halides is 3. The maximum Gasteiger partial charge on any atom is 0.435 e. The Labute approximate surface area is 210 Å². The van der Waals surface area contributed by atoms with Gasteiger partial charge in [0.25, 0.3) is 11.5 Å². The summed E-state index contributed by atoms with van der Waals surface area (Å²) in [6.07, 6.45) is -4.36. The van der Waals surface area contributed by atoms with E-state index < -0.39 is 18.2 Å². The Balaban J connectivity index is 1.32. The number of halogens is 5. The van der Waals surface area contributed by atoms with E-state index >= 15 is 0 Å². The molecule has 3 heterocycles. The number of likely N-dealkylation sites (N-methyl/N-ethyl adjacent to an activating group) is 1. The molecule has 5 rings (SSSR count). The van der Waals surface area contributed by atoms with Crippen molar-refractivity contribution in [1.82, 2.24) is 15.1 Å². The van der Waals surface area contributed by atoms with Crippen LogP contribution in [0.5, 0.6) is 0 Å². The second-order valence-electron chi connectivity index (χ2n) is 9.32. The Morgan fingerprint density at radius 2 is 1.86 bits per heavy atom. The van der Waals surface area contributed by atoms with E-state index in [1.54, 1.807) is 17.0 Å². The summed E-state index contributed by atoms with van der Waals surface area (Å²) in [4.78, 5) is 21.7. The number of nitrogens with one attached hydrogen (secondary N) is 1. The van der Waals surface area contributed by atoms with Crippen LogP contribution in [0.2, 0.25) is 10.0 Å².